The van der Waals surface area contributed by atoms with Gasteiger partial charge in [-0.25, -0.2) is 4.39 Å². The first-order valence-electron chi connectivity index (χ1n) is 7.31. The topological polar surface area (TPSA) is 56.3 Å². The number of nitrogens with one attached hydrogen (secondary N) is 1. The van der Waals surface area contributed by atoms with Crippen LogP contribution in [0.2, 0.25) is 0 Å². The van der Waals surface area contributed by atoms with Crippen molar-refractivity contribution in [1.82, 2.24) is 9.88 Å². The summed E-state index contributed by atoms with van der Waals surface area (Å²) in [7, 11) is 1.63. The number of hydrogen-bond donors (Lipinski definition) is 2. The van der Waals surface area contributed by atoms with Crippen molar-refractivity contribution in [1.29, 1.82) is 0 Å². The van der Waals surface area contributed by atoms with E-state index in [1.165, 1.54) is 29.2 Å². The Hall–Kier alpha value is -2.66. The lowest BCUT2D eigenvalue weighted by Gasteiger charge is -2.21. The zero-order chi connectivity index (χ0) is 16.4. The third-order valence-corrected chi connectivity index (χ3v) is 3.85. The van der Waals surface area contributed by atoms with Crippen LogP contribution in [-0.2, 0) is 0 Å². The van der Waals surface area contributed by atoms with Gasteiger partial charge in [-0.2, -0.15) is 0 Å². The Morgan fingerprint density at radius 1 is 1.22 bits per heavy atom. The number of aromatic amines is 1. The number of fused-ring (bicyclic) bond motifs is 1. The zero-order valence-corrected chi connectivity index (χ0v) is 12.7. The monoisotopic (exact) mass is 312 g/mol. The van der Waals surface area contributed by atoms with Crippen LogP contribution in [0.1, 0.15) is 22.0 Å². The van der Waals surface area contributed by atoms with Gasteiger partial charge in [0, 0.05) is 24.3 Å². The molecule has 1 atom stereocenters. The smallest absolute Gasteiger partial charge is 0.253 e. The number of H-pyrrole nitrogens is 1. The fourth-order valence-electron chi connectivity index (χ4n) is 2.53. The predicted molar refractivity (Wildman–Crippen MR) is 86.6 cm³/mol. The van der Waals surface area contributed by atoms with Crippen molar-refractivity contribution in [2.75, 3.05) is 13.6 Å². The van der Waals surface area contributed by atoms with Crippen molar-refractivity contribution < 1.29 is 14.3 Å². The molecule has 0 radical (unpaired) electrons. The van der Waals surface area contributed by atoms with Crippen LogP contribution in [0.3, 0.4) is 0 Å². The molecule has 23 heavy (non-hydrogen) atoms. The highest BCUT2D eigenvalue weighted by atomic mass is 19.1. The largest absolute Gasteiger partial charge is 0.387 e. The van der Waals surface area contributed by atoms with Crippen LogP contribution in [0, 0.1) is 5.82 Å². The Morgan fingerprint density at radius 2 is 1.96 bits per heavy atom. The molecule has 3 rings (SSSR count). The highest BCUT2D eigenvalue weighted by Crippen LogP contribution is 2.18. The molecule has 1 heterocycles. The molecule has 0 unspecified atom stereocenters. The molecule has 0 saturated carbocycles. The summed E-state index contributed by atoms with van der Waals surface area (Å²) in [4.78, 5) is 17.0. The summed E-state index contributed by atoms with van der Waals surface area (Å²) in [5.74, 6) is -0.535. The first kappa shape index (κ1) is 15.2. The van der Waals surface area contributed by atoms with Crippen LogP contribution in [0.5, 0.6) is 0 Å². The molecule has 0 bridgehead atoms. The lowest BCUT2D eigenvalue weighted by molar-refractivity contribution is 0.0681. The van der Waals surface area contributed by atoms with E-state index in [0.29, 0.717) is 11.1 Å². The molecule has 1 amide bonds. The number of nitrogens with zero attached hydrogens (tertiary/aromatic N) is 1. The molecule has 0 aliphatic carbocycles. The van der Waals surface area contributed by atoms with Gasteiger partial charge in [0.05, 0.1) is 12.6 Å². The van der Waals surface area contributed by atoms with Gasteiger partial charge in [0.25, 0.3) is 5.91 Å². The van der Waals surface area contributed by atoms with E-state index in [1.807, 2.05) is 18.3 Å². The molecule has 0 aliphatic heterocycles. The maximum Gasteiger partial charge on any atom is 0.253 e. The van der Waals surface area contributed by atoms with Gasteiger partial charge in [-0.05, 0) is 41.3 Å². The molecular weight excluding hydrogens is 295 g/mol. The second-order valence-electron chi connectivity index (χ2n) is 5.53. The lowest BCUT2D eigenvalue weighted by Crippen LogP contribution is -2.31. The predicted octanol–water partition coefficient (Wildman–Crippen LogP) is 3.11. The van der Waals surface area contributed by atoms with E-state index < -0.39 is 6.10 Å². The van der Waals surface area contributed by atoms with Crippen LogP contribution in [0.4, 0.5) is 4.39 Å². The fourth-order valence-corrected chi connectivity index (χ4v) is 2.53. The van der Waals surface area contributed by atoms with Crippen LogP contribution in [-0.4, -0.2) is 34.5 Å². The Labute approximate surface area is 133 Å². The number of aromatic nitrogens is 1. The number of hydrogen-bond acceptors (Lipinski definition) is 2. The van der Waals surface area contributed by atoms with Gasteiger partial charge >= 0.3 is 0 Å². The number of likely N-dealkylation sites (N-methyl/N-ethyl adjacent to an activating group) is 1. The summed E-state index contributed by atoms with van der Waals surface area (Å²) < 4.78 is 12.9. The summed E-state index contributed by atoms with van der Waals surface area (Å²) in [6.07, 6.45) is 0.958. The number of carbonyl (C=O) groups excluding carboxylic acids is 1. The number of aliphatic hydroxyl groups excluding tert-OH is 1. The molecule has 118 valence electrons. The molecule has 2 N–H and O–H groups in total. The van der Waals surface area contributed by atoms with Crippen LogP contribution in [0.15, 0.2) is 54.7 Å². The molecule has 3 aromatic rings. The quantitative estimate of drug-likeness (QED) is 0.778. The summed E-state index contributed by atoms with van der Waals surface area (Å²) in [6, 6.07) is 13.0. The molecular formula is C18H17FN2O2. The minimum absolute atomic E-state index is 0.132. The zero-order valence-electron chi connectivity index (χ0n) is 12.7. The van der Waals surface area contributed by atoms with E-state index in [4.69, 9.17) is 0 Å². The number of benzene rings is 2. The summed E-state index contributed by atoms with van der Waals surface area (Å²) in [6.45, 7) is 0.132. The summed E-state index contributed by atoms with van der Waals surface area (Å²) >= 11 is 0. The first-order chi connectivity index (χ1) is 11.0. The van der Waals surface area contributed by atoms with Gasteiger partial charge in [0.2, 0.25) is 0 Å². The van der Waals surface area contributed by atoms with E-state index in [9.17, 15) is 14.3 Å². The number of halogens is 1. The van der Waals surface area contributed by atoms with Gasteiger partial charge in [-0.1, -0.05) is 18.2 Å². The van der Waals surface area contributed by atoms with Crippen LogP contribution in [0.25, 0.3) is 10.9 Å². The van der Waals surface area contributed by atoms with Gasteiger partial charge in [-0.3, -0.25) is 4.79 Å². The minimum atomic E-state index is -0.862. The van der Waals surface area contributed by atoms with Gasteiger partial charge in [0.15, 0.2) is 0 Å². The van der Waals surface area contributed by atoms with Crippen molar-refractivity contribution in [3.8, 4) is 0 Å². The molecule has 0 aliphatic rings. The highest BCUT2D eigenvalue weighted by Gasteiger charge is 2.17. The second kappa shape index (κ2) is 6.22. The first-order valence-corrected chi connectivity index (χ1v) is 7.31. The molecule has 5 heteroatoms. The third-order valence-electron chi connectivity index (χ3n) is 3.85. The van der Waals surface area contributed by atoms with Crippen LogP contribution < -0.4 is 0 Å². The van der Waals surface area contributed by atoms with Crippen molar-refractivity contribution in [3.05, 3.63) is 71.7 Å². The second-order valence-corrected chi connectivity index (χ2v) is 5.53. The van der Waals surface area contributed by atoms with E-state index >= 15 is 0 Å². The maximum absolute atomic E-state index is 12.9. The van der Waals surface area contributed by atoms with Gasteiger partial charge in [0.1, 0.15) is 5.82 Å². The average molecular weight is 312 g/mol. The normalized spacial score (nSPS) is 12.3. The fraction of sp³-hybridized carbons (Fsp3) is 0.167. The molecule has 0 fully saturated rings. The van der Waals surface area contributed by atoms with E-state index in [1.54, 1.807) is 19.2 Å². The van der Waals surface area contributed by atoms with E-state index in [0.717, 1.165) is 10.9 Å². The van der Waals surface area contributed by atoms with Crippen molar-refractivity contribution >= 4 is 16.8 Å². The molecule has 0 spiro atoms. The lowest BCUT2D eigenvalue weighted by atomic mass is 10.1. The Bertz CT molecular complexity index is 826. The highest BCUT2D eigenvalue weighted by molar-refractivity contribution is 5.97. The van der Waals surface area contributed by atoms with Crippen molar-refractivity contribution in [3.63, 3.8) is 0 Å². The maximum atomic E-state index is 12.9. The Balaban J connectivity index is 1.72. The summed E-state index contributed by atoms with van der Waals surface area (Å²) in [5.41, 5.74) is 2.02. The SMILES string of the molecule is CN(C[C@H](O)c1ccc(F)cc1)C(=O)c1ccc2cc[nH]c2c1. The number of carbonyl (C=O) groups is 1. The molecule has 2 aromatic carbocycles. The summed E-state index contributed by atoms with van der Waals surface area (Å²) in [5, 5.41) is 11.2. The van der Waals surface area contributed by atoms with Gasteiger partial charge < -0.3 is 15.0 Å². The van der Waals surface area contributed by atoms with Crippen molar-refractivity contribution in [2.45, 2.75) is 6.10 Å². The molecule has 4 nitrogen and oxygen atoms in total. The molecule has 1 aromatic heterocycles. The Morgan fingerprint density at radius 3 is 2.70 bits per heavy atom. The minimum Gasteiger partial charge on any atom is -0.387 e. The van der Waals surface area contributed by atoms with E-state index in [2.05, 4.69) is 4.98 Å². The Kier molecular flexibility index (Phi) is 4.12. The standard InChI is InChI=1S/C18H17FN2O2/c1-21(11-17(22)13-4-6-15(19)7-5-13)18(23)14-3-2-12-8-9-20-16(12)10-14/h2-10,17,20,22H,11H2,1H3/t17-/m0/s1. The van der Waals surface area contributed by atoms with Crippen LogP contribution >= 0.6 is 0 Å². The van der Waals surface area contributed by atoms with E-state index in [-0.39, 0.29) is 18.3 Å². The van der Waals surface area contributed by atoms with Gasteiger partial charge in [-0.15, -0.1) is 0 Å². The number of amides is 1. The average Bonchev–Trinajstić information content (AvgIpc) is 3.02. The van der Waals surface area contributed by atoms with Crippen molar-refractivity contribution in [2.24, 2.45) is 0 Å². The number of aliphatic hydroxyl groups is 1. The molecule has 0 saturated heterocycles. The number of rotatable bonds is 4. The third kappa shape index (κ3) is 3.24.